The number of benzene rings is 1. The van der Waals surface area contributed by atoms with Crippen molar-refractivity contribution in [1.82, 2.24) is 0 Å². The van der Waals surface area contributed by atoms with E-state index in [1.54, 1.807) is 12.2 Å². The zero-order valence-electron chi connectivity index (χ0n) is 11.2. The second-order valence-corrected chi connectivity index (χ2v) is 6.90. The van der Waals surface area contributed by atoms with Gasteiger partial charge in [-0.3, -0.25) is 4.79 Å². The van der Waals surface area contributed by atoms with Gasteiger partial charge in [0.25, 0.3) is 9.05 Å². The third-order valence-corrected chi connectivity index (χ3v) is 3.80. The van der Waals surface area contributed by atoms with Crippen LogP contribution in [0.25, 0.3) is 5.57 Å². The van der Waals surface area contributed by atoms with Crippen LogP contribution in [0.4, 0.5) is 0 Å². The molecule has 0 amide bonds. The molecule has 1 aliphatic rings. The van der Waals surface area contributed by atoms with Crippen LogP contribution in [0.5, 0.6) is 0 Å². The first kappa shape index (κ1) is 15.5. The molecule has 4 nitrogen and oxygen atoms in total. The first-order chi connectivity index (χ1) is 9.90. The van der Waals surface area contributed by atoms with Crippen molar-refractivity contribution in [2.45, 2.75) is 0 Å². The van der Waals surface area contributed by atoms with Gasteiger partial charge in [-0.2, -0.15) is 0 Å². The maximum atomic E-state index is 11.9. The van der Waals surface area contributed by atoms with Crippen LogP contribution < -0.4 is 0 Å². The largest absolute Gasteiger partial charge is 0.468 e. The van der Waals surface area contributed by atoms with Gasteiger partial charge < -0.3 is 4.74 Å². The number of hydrogen-bond acceptors (Lipinski definition) is 4. The second kappa shape index (κ2) is 6.28. The molecule has 0 aliphatic heterocycles. The molecule has 0 saturated heterocycles. The van der Waals surface area contributed by atoms with Crippen molar-refractivity contribution < 1.29 is 17.9 Å². The summed E-state index contributed by atoms with van der Waals surface area (Å²) in [5.41, 5.74) is 1.88. The van der Waals surface area contributed by atoms with E-state index in [0.29, 0.717) is 11.1 Å². The van der Waals surface area contributed by atoms with Crippen molar-refractivity contribution in [3.63, 3.8) is 0 Å². The minimum atomic E-state index is -3.77. The van der Waals surface area contributed by atoms with Crippen LogP contribution >= 0.6 is 10.7 Å². The lowest BCUT2D eigenvalue weighted by atomic mass is 9.87. The van der Waals surface area contributed by atoms with Gasteiger partial charge in [0.15, 0.2) is 0 Å². The molecule has 0 heterocycles. The highest BCUT2D eigenvalue weighted by Crippen LogP contribution is 2.31. The number of hydrogen-bond donors (Lipinski definition) is 0. The lowest BCUT2D eigenvalue weighted by Gasteiger charge is -2.19. The monoisotopic (exact) mass is 324 g/mol. The Hall–Kier alpha value is -1.85. The number of carbonyl (C=O) groups excluding carboxylic acids is 1. The fourth-order valence-electron chi connectivity index (χ4n) is 2.09. The second-order valence-electron chi connectivity index (χ2n) is 4.42. The highest BCUT2D eigenvalue weighted by atomic mass is 35.7. The van der Waals surface area contributed by atoms with Gasteiger partial charge in [-0.25, -0.2) is 8.42 Å². The maximum Gasteiger partial charge on any atom is 0.317 e. The average Bonchev–Trinajstić information content (AvgIpc) is 2.45. The van der Waals surface area contributed by atoms with Crippen LogP contribution in [0.3, 0.4) is 0 Å². The van der Waals surface area contributed by atoms with Crippen molar-refractivity contribution in [1.29, 1.82) is 0 Å². The zero-order chi connectivity index (χ0) is 15.5. The van der Waals surface area contributed by atoms with E-state index in [9.17, 15) is 13.2 Å². The molecule has 1 atom stereocenters. The van der Waals surface area contributed by atoms with Crippen LogP contribution in [0.15, 0.2) is 59.5 Å². The normalized spacial score (nSPS) is 20.2. The quantitative estimate of drug-likeness (QED) is 0.633. The van der Waals surface area contributed by atoms with Crippen molar-refractivity contribution in [2.24, 2.45) is 5.92 Å². The molecule has 0 N–H and O–H groups in total. The number of carbonyl (C=O) groups is 1. The molecule has 0 fully saturated rings. The van der Waals surface area contributed by atoms with Crippen molar-refractivity contribution in [3.8, 4) is 0 Å². The molecule has 1 aromatic carbocycles. The van der Waals surface area contributed by atoms with Gasteiger partial charge in [0.2, 0.25) is 0 Å². The van der Waals surface area contributed by atoms with Crippen LogP contribution in [0, 0.1) is 5.92 Å². The van der Waals surface area contributed by atoms with E-state index in [2.05, 4.69) is 0 Å². The van der Waals surface area contributed by atoms with E-state index in [-0.39, 0.29) is 0 Å². The van der Waals surface area contributed by atoms with Crippen molar-refractivity contribution >= 4 is 31.3 Å². The molecule has 21 heavy (non-hydrogen) atoms. The van der Waals surface area contributed by atoms with Crippen LogP contribution in [-0.4, -0.2) is 21.5 Å². The molecular formula is C15H13ClO4S. The van der Waals surface area contributed by atoms with Gasteiger partial charge in [0.1, 0.15) is 5.92 Å². The molecule has 0 aromatic heterocycles. The summed E-state index contributed by atoms with van der Waals surface area (Å²) >= 11 is 0. The molecule has 1 unspecified atom stereocenters. The molecule has 2 rings (SSSR count). The maximum absolute atomic E-state index is 11.9. The van der Waals surface area contributed by atoms with Gasteiger partial charge in [0.05, 0.1) is 12.5 Å². The molecular weight excluding hydrogens is 312 g/mol. The first-order valence-corrected chi connectivity index (χ1v) is 8.47. The standard InChI is InChI=1S/C15H13ClO4S/c1-20-15(17)13-8-7-11(10-21(16,18)19)9-14(13)12-5-3-2-4-6-12/h2-10,13H,1H3/b11-10+. The Kier molecular flexibility index (Phi) is 4.65. The molecule has 1 aromatic rings. The predicted octanol–water partition coefficient (Wildman–Crippen LogP) is 2.88. The minimum Gasteiger partial charge on any atom is -0.468 e. The SMILES string of the molecule is COC(=O)C1C=C/C(=C\S(=O)(=O)Cl)C=C1c1ccccc1. The summed E-state index contributed by atoms with van der Waals surface area (Å²) in [5.74, 6) is -0.985. The molecule has 0 saturated carbocycles. The third kappa shape index (κ3) is 4.06. The summed E-state index contributed by atoms with van der Waals surface area (Å²) in [6.07, 6.45) is 4.76. The summed E-state index contributed by atoms with van der Waals surface area (Å²) in [6, 6.07) is 9.21. The topological polar surface area (TPSA) is 60.4 Å². The number of ether oxygens (including phenoxy) is 1. The Balaban J connectivity index is 2.51. The minimum absolute atomic E-state index is 0.406. The van der Waals surface area contributed by atoms with E-state index in [1.807, 2.05) is 30.3 Å². The Bertz CT molecular complexity index is 730. The van der Waals surface area contributed by atoms with Crippen LogP contribution in [0.2, 0.25) is 0 Å². The van der Waals surface area contributed by atoms with Gasteiger partial charge in [-0.15, -0.1) is 0 Å². The van der Waals surface area contributed by atoms with Gasteiger partial charge >= 0.3 is 5.97 Å². The van der Waals surface area contributed by atoms with E-state index in [4.69, 9.17) is 15.4 Å². The summed E-state index contributed by atoms with van der Waals surface area (Å²) in [6.45, 7) is 0. The summed E-state index contributed by atoms with van der Waals surface area (Å²) in [7, 11) is 2.77. The number of rotatable bonds is 3. The van der Waals surface area contributed by atoms with E-state index >= 15 is 0 Å². The van der Waals surface area contributed by atoms with E-state index < -0.39 is 20.9 Å². The number of esters is 1. The molecule has 6 heteroatoms. The highest BCUT2D eigenvalue weighted by molar-refractivity contribution is 8.16. The van der Waals surface area contributed by atoms with Gasteiger partial charge in [0, 0.05) is 10.7 Å². The Morgan fingerprint density at radius 3 is 2.52 bits per heavy atom. The highest BCUT2D eigenvalue weighted by Gasteiger charge is 2.25. The molecule has 0 radical (unpaired) electrons. The fraction of sp³-hybridized carbons (Fsp3) is 0.133. The summed E-state index contributed by atoms with van der Waals surface area (Å²) < 4.78 is 27.1. The number of methoxy groups -OCH3 is 1. The Morgan fingerprint density at radius 1 is 1.29 bits per heavy atom. The zero-order valence-corrected chi connectivity index (χ0v) is 12.8. The number of allylic oxidation sites excluding steroid dienone is 3. The Labute approximate surface area is 127 Å². The predicted molar refractivity (Wildman–Crippen MR) is 81.9 cm³/mol. The molecule has 0 spiro atoms. The van der Waals surface area contributed by atoms with Crippen LogP contribution in [0.1, 0.15) is 5.56 Å². The van der Waals surface area contributed by atoms with Crippen molar-refractivity contribution in [3.05, 3.63) is 65.1 Å². The third-order valence-electron chi connectivity index (χ3n) is 2.98. The van der Waals surface area contributed by atoms with Crippen LogP contribution in [-0.2, 0) is 18.6 Å². The van der Waals surface area contributed by atoms with E-state index in [1.165, 1.54) is 13.2 Å². The van der Waals surface area contributed by atoms with Crippen molar-refractivity contribution in [2.75, 3.05) is 7.11 Å². The lowest BCUT2D eigenvalue weighted by molar-refractivity contribution is -0.141. The molecule has 0 bridgehead atoms. The van der Waals surface area contributed by atoms with Gasteiger partial charge in [-0.05, 0) is 22.8 Å². The molecule has 1 aliphatic carbocycles. The summed E-state index contributed by atoms with van der Waals surface area (Å²) in [5, 5.41) is 0.946. The summed E-state index contributed by atoms with van der Waals surface area (Å²) in [4.78, 5) is 11.9. The smallest absolute Gasteiger partial charge is 0.317 e. The average molecular weight is 325 g/mol. The fourth-order valence-corrected chi connectivity index (χ4v) is 2.87. The Morgan fingerprint density at radius 2 is 1.95 bits per heavy atom. The number of halogens is 1. The lowest BCUT2D eigenvalue weighted by Crippen LogP contribution is -2.17. The van der Waals surface area contributed by atoms with E-state index in [0.717, 1.165) is 11.0 Å². The molecule has 110 valence electrons. The van der Waals surface area contributed by atoms with Gasteiger partial charge in [-0.1, -0.05) is 42.5 Å². The first-order valence-electron chi connectivity index (χ1n) is 6.10.